The van der Waals surface area contributed by atoms with Gasteiger partial charge in [-0.1, -0.05) is 15.9 Å². The van der Waals surface area contributed by atoms with Crippen LogP contribution in [0.25, 0.3) is 0 Å². The molecule has 0 atom stereocenters. The third kappa shape index (κ3) is 3.44. The lowest BCUT2D eigenvalue weighted by molar-refractivity contribution is 0.0620. The van der Waals surface area contributed by atoms with E-state index >= 15 is 0 Å². The van der Waals surface area contributed by atoms with Crippen molar-refractivity contribution in [2.24, 2.45) is 0 Å². The van der Waals surface area contributed by atoms with E-state index in [0.29, 0.717) is 10.2 Å². The molecule has 1 amide bonds. The maximum atomic E-state index is 12.1. The van der Waals surface area contributed by atoms with E-state index in [4.69, 9.17) is 5.73 Å². The third-order valence-corrected chi connectivity index (χ3v) is 2.38. The maximum absolute atomic E-state index is 12.1. The van der Waals surface area contributed by atoms with Gasteiger partial charge in [-0.2, -0.15) is 0 Å². The minimum Gasteiger partial charge on any atom is -0.399 e. The van der Waals surface area contributed by atoms with Crippen LogP contribution in [0.15, 0.2) is 22.7 Å². The highest BCUT2D eigenvalue weighted by molar-refractivity contribution is 9.10. The molecule has 1 aromatic carbocycles. The van der Waals surface area contributed by atoms with Crippen LogP contribution in [0.2, 0.25) is 0 Å². The summed E-state index contributed by atoms with van der Waals surface area (Å²) in [6.07, 6.45) is -2.54. The summed E-state index contributed by atoms with van der Waals surface area (Å²) in [5.41, 5.74) is 6.24. The Labute approximate surface area is 100 Å². The molecule has 2 N–H and O–H groups in total. The van der Waals surface area contributed by atoms with Crippen LogP contribution in [0.4, 0.5) is 14.5 Å². The van der Waals surface area contributed by atoms with Gasteiger partial charge in [0.2, 0.25) is 0 Å². The molecule has 1 aromatic rings. The SMILES string of the molecule is CN(CC(F)F)C(=O)c1cc(N)cc(Br)c1. The van der Waals surface area contributed by atoms with Crippen molar-refractivity contribution in [3.05, 3.63) is 28.2 Å². The highest BCUT2D eigenvalue weighted by atomic mass is 79.9. The normalized spacial score (nSPS) is 10.6. The summed E-state index contributed by atoms with van der Waals surface area (Å²) in [7, 11) is 1.32. The van der Waals surface area contributed by atoms with Crippen LogP contribution in [-0.2, 0) is 0 Å². The largest absolute Gasteiger partial charge is 0.399 e. The zero-order valence-corrected chi connectivity index (χ0v) is 10.2. The summed E-state index contributed by atoms with van der Waals surface area (Å²) in [6, 6.07) is 4.62. The molecule has 0 aliphatic carbocycles. The highest BCUT2D eigenvalue weighted by Gasteiger charge is 2.16. The fourth-order valence-electron chi connectivity index (χ4n) is 1.25. The van der Waals surface area contributed by atoms with E-state index in [1.807, 2.05) is 0 Å². The van der Waals surface area contributed by atoms with Crippen molar-refractivity contribution in [2.75, 3.05) is 19.3 Å². The minimum absolute atomic E-state index is 0.287. The molecule has 0 saturated carbocycles. The molecule has 1 rings (SSSR count). The summed E-state index contributed by atoms with van der Waals surface area (Å²) >= 11 is 3.18. The average molecular weight is 293 g/mol. The van der Waals surface area contributed by atoms with Gasteiger partial charge in [0.05, 0.1) is 6.54 Å². The molecule has 0 heterocycles. The smallest absolute Gasteiger partial charge is 0.255 e. The molecule has 0 aliphatic heterocycles. The van der Waals surface area contributed by atoms with Gasteiger partial charge in [-0.05, 0) is 18.2 Å². The molecule has 0 saturated heterocycles. The number of hydrogen-bond donors (Lipinski definition) is 1. The van der Waals surface area contributed by atoms with Crippen molar-refractivity contribution in [2.45, 2.75) is 6.43 Å². The maximum Gasteiger partial charge on any atom is 0.255 e. The lowest BCUT2D eigenvalue weighted by Crippen LogP contribution is -2.31. The second kappa shape index (κ2) is 5.25. The Morgan fingerprint density at radius 1 is 1.50 bits per heavy atom. The van der Waals surface area contributed by atoms with Crippen molar-refractivity contribution < 1.29 is 13.6 Å². The Balaban J connectivity index is 2.87. The number of alkyl halides is 2. The van der Waals surface area contributed by atoms with E-state index in [2.05, 4.69) is 15.9 Å². The molecule has 88 valence electrons. The molecule has 16 heavy (non-hydrogen) atoms. The fraction of sp³-hybridized carbons (Fsp3) is 0.300. The Morgan fingerprint density at radius 2 is 2.12 bits per heavy atom. The number of nitrogens with zero attached hydrogens (tertiary/aromatic N) is 1. The number of carbonyl (C=O) groups excluding carboxylic acids is 1. The molecular weight excluding hydrogens is 282 g/mol. The summed E-state index contributed by atoms with van der Waals surface area (Å²) < 4.78 is 24.8. The number of nitrogen functional groups attached to an aromatic ring is 1. The van der Waals surface area contributed by atoms with Crippen LogP contribution < -0.4 is 5.73 Å². The van der Waals surface area contributed by atoms with E-state index in [1.54, 1.807) is 12.1 Å². The second-order valence-electron chi connectivity index (χ2n) is 3.35. The van der Waals surface area contributed by atoms with Crippen LogP contribution in [-0.4, -0.2) is 30.8 Å². The number of anilines is 1. The molecule has 0 unspecified atom stereocenters. The Kier molecular flexibility index (Phi) is 4.23. The lowest BCUT2D eigenvalue weighted by Gasteiger charge is -2.16. The van der Waals surface area contributed by atoms with Crippen LogP contribution in [0.1, 0.15) is 10.4 Å². The van der Waals surface area contributed by atoms with Gasteiger partial charge in [-0.15, -0.1) is 0 Å². The summed E-state index contributed by atoms with van der Waals surface area (Å²) in [4.78, 5) is 12.7. The number of amides is 1. The Hall–Kier alpha value is -1.17. The first kappa shape index (κ1) is 12.9. The monoisotopic (exact) mass is 292 g/mol. The summed E-state index contributed by atoms with van der Waals surface area (Å²) in [5.74, 6) is -0.478. The van der Waals surface area contributed by atoms with E-state index in [9.17, 15) is 13.6 Å². The highest BCUT2D eigenvalue weighted by Crippen LogP contribution is 2.18. The molecule has 0 bridgehead atoms. The summed E-state index contributed by atoms with van der Waals surface area (Å²) in [6.45, 7) is -0.592. The van der Waals surface area contributed by atoms with Crippen LogP contribution >= 0.6 is 15.9 Å². The zero-order valence-electron chi connectivity index (χ0n) is 8.58. The van der Waals surface area contributed by atoms with E-state index in [0.717, 1.165) is 4.90 Å². The lowest BCUT2D eigenvalue weighted by atomic mass is 10.2. The average Bonchev–Trinajstić information content (AvgIpc) is 2.13. The van der Waals surface area contributed by atoms with E-state index in [-0.39, 0.29) is 5.56 Å². The van der Waals surface area contributed by atoms with Crippen molar-refractivity contribution in [1.29, 1.82) is 0 Å². The van der Waals surface area contributed by atoms with Gasteiger partial charge in [0.25, 0.3) is 12.3 Å². The Morgan fingerprint density at radius 3 is 2.62 bits per heavy atom. The number of hydrogen-bond acceptors (Lipinski definition) is 2. The molecule has 6 heteroatoms. The third-order valence-electron chi connectivity index (χ3n) is 1.93. The van der Waals surface area contributed by atoms with E-state index < -0.39 is 18.9 Å². The van der Waals surface area contributed by atoms with Gasteiger partial charge >= 0.3 is 0 Å². The van der Waals surface area contributed by atoms with Crippen LogP contribution in [0, 0.1) is 0 Å². The van der Waals surface area contributed by atoms with Gasteiger partial charge in [0.1, 0.15) is 0 Å². The van der Waals surface area contributed by atoms with Gasteiger partial charge in [-0.3, -0.25) is 4.79 Å². The minimum atomic E-state index is -2.54. The predicted octanol–water partition coefficient (Wildman–Crippen LogP) is 2.37. The van der Waals surface area contributed by atoms with Gasteiger partial charge in [0, 0.05) is 22.8 Å². The van der Waals surface area contributed by atoms with Crippen molar-refractivity contribution in [3.8, 4) is 0 Å². The number of carbonyl (C=O) groups is 1. The van der Waals surface area contributed by atoms with Gasteiger partial charge in [0.15, 0.2) is 0 Å². The number of benzene rings is 1. The van der Waals surface area contributed by atoms with E-state index in [1.165, 1.54) is 13.1 Å². The first-order valence-corrected chi connectivity index (χ1v) is 5.29. The molecule has 0 fully saturated rings. The van der Waals surface area contributed by atoms with Crippen LogP contribution in [0.5, 0.6) is 0 Å². The van der Waals surface area contributed by atoms with Crippen molar-refractivity contribution in [1.82, 2.24) is 4.90 Å². The topological polar surface area (TPSA) is 46.3 Å². The fourth-order valence-corrected chi connectivity index (χ4v) is 1.76. The standard InChI is InChI=1S/C10H11BrF2N2O/c1-15(5-9(12)13)10(16)6-2-7(11)4-8(14)3-6/h2-4,9H,5,14H2,1H3. The van der Waals surface area contributed by atoms with Gasteiger partial charge < -0.3 is 10.6 Å². The van der Waals surface area contributed by atoms with Crippen LogP contribution in [0.3, 0.4) is 0 Å². The molecule has 0 aromatic heterocycles. The molecular formula is C10H11BrF2N2O. The number of halogens is 3. The molecule has 0 radical (unpaired) electrons. The Bertz CT molecular complexity index is 378. The number of rotatable bonds is 3. The molecule has 0 spiro atoms. The summed E-state index contributed by atoms with van der Waals surface area (Å²) in [5, 5.41) is 0. The predicted molar refractivity (Wildman–Crippen MR) is 61.5 cm³/mol. The first-order valence-electron chi connectivity index (χ1n) is 4.50. The van der Waals surface area contributed by atoms with Gasteiger partial charge in [-0.25, -0.2) is 8.78 Å². The number of nitrogens with two attached hydrogens (primary N) is 1. The van der Waals surface area contributed by atoms with Crippen molar-refractivity contribution >= 4 is 27.5 Å². The quantitative estimate of drug-likeness (QED) is 0.870. The first-order chi connectivity index (χ1) is 7.40. The zero-order chi connectivity index (χ0) is 12.3. The second-order valence-corrected chi connectivity index (χ2v) is 4.27. The molecule has 3 nitrogen and oxygen atoms in total. The van der Waals surface area contributed by atoms with Crippen molar-refractivity contribution in [3.63, 3.8) is 0 Å². The molecule has 0 aliphatic rings.